The summed E-state index contributed by atoms with van der Waals surface area (Å²) >= 11 is 0. The Morgan fingerprint density at radius 2 is 1.86 bits per heavy atom. The van der Waals surface area contributed by atoms with Gasteiger partial charge in [0.05, 0.1) is 0 Å². The molecule has 1 N–H and O–H groups in total. The Kier molecular flexibility index (Phi) is 7.17. The van der Waals surface area contributed by atoms with E-state index in [1.807, 2.05) is 12.1 Å². The van der Waals surface area contributed by atoms with Crippen molar-refractivity contribution in [3.8, 4) is 0 Å². The van der Waals surface area contributed by atoms with Crippen molar-refractivity contribution in [2.45, 2.75) is 51.5 Å². The second-order valence-electron chi connectivity index (χ2n) is 6.10. The van der Waals surface area contributed by atoms with E-state index >= 15 is 0 Å². The van der Waals surface area contributed by atoms with Crippen molar-refractivity contribution in [1.82, 2.24) is 10.2 Å². The van der Waals surface area contributed by atoms with Crippen LogP contribution in [0.5, 0.6) is 0 Å². The molecule has 0 aromatic heterocycles. The standard InChI is InChI=1S/C18H29FN2/c1-2-3-7-18(16-8-10-17(19)11-9-16)20-12-6-15-21-13-4-5-14-21/h8-11,18,20H,2-7,12-15H2,1H3. The Labute approximate surface area is 128 Å². The number of hydrogen-bond acceptors (Lipinski definition) is 2. The van der Waals surface area contributed by atoms with Gasteiger partial charge in [-0.15, -0.1) is 0 Å². The van der Waals surface area contributed by atoms with Crippen molar-refractivity contribution in [3.63, 3.8) is 0 Å². The zero-order chi connectivity index (χ0) is 14.9. The lowest BCUT2D eigenvalue weighted by molar-refractivity contribution is 0.326. The smallest absolute Gasteiger partial charge is 0.123 e. The van der Waals surface area contributed by atoms with Crippen LogP contribution in [0, 0.1) is 5.82 Å². The van der Waals surface area contributed by atoms with E-state index in [2.05, 4.69) is 17.1 Å². The first-order chi connectivity index (χ1) is 10.3. The maximum absolute atomic E-state index is 13.1. The maximum atomic E-state index is 13.1. The molecule has 1 aromatic rings. The minimum absolute atomic E-state index is 0.151. The molecule has 1 unspecified atom stereocenters. The predicted octanol–water partition coefficient (Wildman–Crippen LogP) is 4.13. The fraction of sp³-hybridized carbons (Fsp3) is 0.667. The lowest BCUT2D eigenvalue weighted by Crippen LogP contribution is -2.27. The van der Waals surface area contributed by atoms with Gasteiger partial charge in [-0.3, -0.25) is 0 Å². The molecule has 0 saturated carbocycles. The summed E-state index contributed by atoms with van der Waals surface area (Å²) in [5, 5.41) is 3.67. The zero-order valence-electron chi connectivity index (χ0n) is 13.3. The van der Waals surface area contributed by atoms with Gasteiger partial charge in [0.25, 0.3) is 0 Å². The van der Waals surface area contributed by atoms with Gasteiger partial charge < -0.3 is 10.2 Å². The Balaban J connectivity index is 1.76. The highest BCUT2D eigenvalue weighted by Gasteiger charge is 2.12. The van der Waals surface area contributed by atoms with E-state index in [1.165, 1.54) is 57.3 Å². The second kappa shape index (κ2) is 9.16. The first-order valence-corrected chi connectivity index (χ1v) is 8.51. The number of hydrogen-bond donors (Lipinski definition) is 1. The summed E-state index contributed by atoms with van der Waals surface area (Å²) in [7, 11) is 0. The quantitative estimate of drug-likeness (QED) is 0.688. The van der Waals surface area contributed by atoms with Crippen LogP contribution in [0.15, 0.2) is 24.3 Å². The molecule has 1 aliphatic rings. The second-order valence-corrected chi connectivity index (χ2v) is 6.10. The number of benzene rings is 1. The van der Waals surface area contributed by atoms with E-state index in [0.717, 1.165) is 13.0 Å². The van der Waals surface area contributed by atoms with Crippen molar-refractivity contribution in [2.75, 3.05) is 26.2 Å². The van der Waals surface area contributed by atoms with Crippen LogP contribution in [0.2, 0.25) is 0 Å². The Morgan fingerprint density at radius 1 is 1.14 bits per heavy atom. The summed E-state index contributed by atoms with van der Waals surface area (Å²) in [6, 6.07) is 7.34. The molecule has 2 rings (SSSR count). The summed E-state index contributed by atoms with van der Waals surface area (Å²) in [6.07, 6.45) is 7.47. The third kappa shape index (κ3) is 5.76. The molecule has 1 heterocycles. The maximum Gasteiger partial charge on any atom is 0.123 e. The molecule has 1 saturated heterocycles. The highest BCUT2D eigenvalue weighted by molar-refractivity contribution is 5.19. The summed E-state index contributed by atoms with van der Waals surface area (Å²) in [4.78, 5) is 2.56. The van der Waals surface area contributed by atoms with Crippen molar-refractivity contribution < 1.29 is 4.39 Å². The highest BCUT2D eigenvalue weighted by Crippen LogP contribution is 2.20. The molecule has 0 amide bonds. The Morgan fingerprint density at radius 3 is 2.52 bits per heavy atom. The molecule has 0 aliphatic carbocycles. The zero-order valence-corrected chi connectivity index (χ0v) is 13.3. The molecule has 0 spiro atoms. The van der Waals surface area contributed by atoms with Gasteiger partial charge in [0, 0.05) is 6.04 Å². The molecule has 0 radical (unpaired) electrons. The largest absolute Gasteiger partial charge is 0.310 e. The number of rotatable bonds is 9. The molecule has 1 atom stereocenters. The van der Waals surface area contributed by atoms with Crippen molar-refractivity contribution in [3.05, 3.63) is 35.6 Å². The van der Waals surface area contributed by atoms with Crippen LogP contribution in [0.1, 0.15) is 57.1 Å². The summed E-state index contributed by atoms with van der Waals surface area (Å²) in [5.74, 6) is -0.151. The minimum Gasteiger partial charge on any atom is -0.310 e. The van der Waals surface area contributed by atoms with Crippen LogP contribution in [-0.4, -0.2) is 31.1 Å². The summed E-state index contributed by atoms with van der Waals surface area (Å²) in [6.45, 7) is 7.02. The molecule has 118 valence electrons. The van der Waals surface area contributed by atoms with Gasteiger partial charge >= 0.3 is 0 Å². The van der Waals surface area contributed by atoms with Crippen molar-refractivity contribution in [2.24, 2.45) is 0 Å². The van der Waals surface area contributed by atoms with E-state index in [4.69, 9.17) is 0 Å². The van der Waals surface area contributed by atoms with E-state index in [9.17, 15) is 4.39 Å². The SMILES string of the molecule is CCCCC(NCCCN1CCCC1)c1ccc(F)cc1. The Bertz CT molecular complexity index is 385. The van der Waals surface area contributed by atoms with Crippen LogP contribution < -0.4 is 5.32 Å². The molecule has 1 aromatic carbocycles. The van der Waals surface area contributed by atoms with Gasteiger partial charge in [0.15, 0.2) is 0 Å². The highest BCUT2D eigenvalue weighted by atomic mass is 19.1. The van der Waals surface area contributed by atoms with E-state index in [1.54, 1.807) is 12.1 Å². The molecule has 3 heteroatoms. The van der Waals surface area contributed by atoms with E-state index in [-0.39, 0.29) is 5.82 Å². The average Bonchev–Trinajstić information content (AvgIpc) is 3.01. The van der Waals surface area contributed by atoms with Gasteiger partial charge in [-0.25, -0.2) is 4.39 Å². The first-order valence-electron chi connectivity index (χ1n) is 8.51. The number of unbranched alkanes of at least 4 members (excludes halogenated alkanes) is 1. The summed E-state index contributed by atoms with van der Waals surface area (Å²) in [5.41, 5.74) is 1.21. The molecule has 2 nitrogen and oxygen atoms in total. The fourth-order valence-corrected chi connectivity index (χ4v) is 3.08. The lowest BCUT2D eigenvalue weighted by Gasteiger charge is -2.20. The van der Waals surface area contributed by atoms with Gasteiger partial charge in [-0.1, -0.05) is 31.9 Å². The third-order valence-electron chi connectivity index (χ3n) is 4.36. The van der Waals surface area contributed by atoms with Crippen molar-refractivity contribution in [1.29, 1.82) is 0 Å². The first kappa shape index (κ1) is 16.4. The Hall–Kier alpha value is -0.930. The number of likely N-dealkylation sites (tertiary alicyclic amines) is 1. The van der Waals surface area contributed by atoms with Crippen LogP contribution in [0.25, 0.3) is 0 Å². The van der Waals surface area contributed by atoms with Crippen LogP contribution in [-0.2, 0) is 0 Å². The number of halogens is 1. The average molecular weight is 292 g/mol. The van der Waals surface area contributed by atoms with Gasteiger partial charge in [-0.2, -0.15) is 0 Å². The lowest BCUT2D eigenvalue weighted by atomic mass is 10.0. The van der Waals surface area contributed by atoms with Crippen LogP contribution in [0.3, 0.4) is 0 Å². The molecular formula is C18H29FN2. The monoisotopic (exact) mass is 292 g/mol. The van der Waals surface area contributed by atoms with Crippen LogP contribution >= 0.6 is 0 Å². The van der Waals surface area contributed by atoms with Gasteiger partial charge in [0.2, 0.25) is 0 Å². The number of nitrogens with zero attached hydrogens (tertiary/aromatic N) is 1. The molecule has 0 bridgehead atoms. The topological polar surface area (TPSA) is 15.3 Å². The number of nitrogens with one attached hydrogen (secondary N) is 1. The third-order valence-corrected chi connectivity index (χ3v) is 4.36. The summed E-state index contributed by atoms with van der Waals surface area (Å²) < 4.78 is 13.1. The van der Waals surface area contributed by atoms with E-state index < -0.39 is 0 Å². The van der Waals surface area contributed by atoms with Crippen molar-refractivity contribution >= 4 is 0 Å². The van der Waals surface area contributed by atoms with Gasteiger partial charge in [0.1, 0.15) is 5.82 Å². The molecular weight excluding hydrogens is 263 g/mol. The van der Waals surface area contributed by atoms with Gasteiger partial charge in [-0.05, 0) is 69.6 Å². The molecule has 1 fully saturated rings. The fourth-order valence-electron chi connectivity index (χ4n) is 3.08. The minimum atomic E-state index is -0.151. The predicted molar refractivity (Wildman–Crippen MR) is 87.0 cm³/mol. The van der Waals surface area contributed by atoms with Crippen LogP contribution in [0.4, 0.5) is 4.39 Å². The molecule has 1 aliphatic heterocycles. The van der Waals surface area contributed by atoms with E-state index in [0.29, 0.717) is 6.04 Å². The molecule has 21 heavy (non-hydrogen) atoms. The normalized spacial score (nSPS) is 17.2.